The summed E-state index contributed by atoms with van der Waals surface area (Å²) in [6.45, 7) is 5.37. The van der Waals surface area contributed by atoms with E-state index in [9.17, 15) is 19.6 Å². The Hall–Kier alpha value is -4.03. The maximum absolute atomic E-state index is 13.2. The van der Waals surface area contributed by atoms with Crippen molar-refractivity contribution in [1.29, 1.82) is 5.26 Å². The van der Waals surface area contributed by atoms with E-state index in [1.165, 1.54) is 17.7 Å². The number of hydrogen-bond donors (Lipinski definition) is 2. The first kappa shape index (κ1) is 22.2. The molecule has 4 rings (SSSR count). The summed E-state index contributed by atoms with van der Waals surface area (Å²) in [7, 11) is 0. The zero-order valence-electron chi connectivity index (χ0n) is 18.4. The lowest BCUT2D eigenvalue weighted by Crippen LogP contribution is -2.33. The van der Waals surface area contributed by atoms with Gasteiger partial charge in [0.1, 0.15) is 22.8 Å². The van der Waals surface area contributed by atoms with E-state index in [0.717, 1.165) is 26.2 Å². The number of hydrogen-bond acceptors (Lipinski definition) is 6. The molecule has 2 N–H and O–H groups in total. The number of nitrogens with one attached hydrogen (secondary N) is 2. The number of pyridine rings is 1. The summed E-state index contributed by atoms with van der Waals surface area (Å²) in [6.07, 6.45) is 1.70. The van der Waals surface area contributed by atoms with Crippen LogP contribution in [-0.2, 0) is 11.2 Å². The molecule has 8 nitrogen and oxygen atoms in total. The van der Waals surface area contributed by atoms with E-state index in [0.29, 0.717) is 27.9 Å². The second-order valence-electron chi connectivity index (χ2n) is 7.70. The predicted molar refractivity (Wildman–Crippen MR) is 128 cm³/mol. The average Bonchev–Trinajstić information content (AvgIpc) is 3.13. The molecule has 166 valence electrons. The molecule has 0 spiro atoms. The first-order chi connectivity index (χ1) is 15.8. The number of amides is 1. The average molecular weight is 460 g/mol. The van der Waals surface area contributed by atoms with E-state index in [1.54, 1.807) is 13.8 Å². The van der Waals surface area contributed by atoms with Crippen molar-refractivity contribution in [3.63, 3.8) is 0 Å². The number of thiophene rings is 1. The smallest absolute Gasteiger partial charge is 0.281 e. The van der Waals surface area contributed by atoms with Gasteiger partial charge in [0.15, 0.2) is 0 Å². The summed E-state index contributed by atoms with van der Waals surface area (Å²) in [5.41, 5.74) is 5.52. The van der Waals surface area contributed by atoms with Crippen LogP contribution in [-0.4, -0.2) is 20.6 Å². The summed E-state index contributed by atoms with van der Waals surface area (Å²) in [5.74, 6) is -0.380. The molecule has 0 saturated carbocycles. The minimum atomic E-state index is -0.438. The molecule has 0 radical (unpaired) electrons. The molecule has 0 bridgehead atoms. The number of rotatable bonds is 5. The highest BCUT2D eigenvalue weighted by Crippen LogP contribution is 2.35. The van der Waals surface area contributed by atoms with Crippen molar-refractivity contribution in [2.75, 3.05) is 5.43 Å². The van der Waals surface area contributed by atoms with Gasteiger partial charge in [-0.3, -0.25) is 19.8 Å². The second kappa shape index (κ2) is 8.84. The quantitative estimate of drug-likeness (QED) is 0.474. The van der Waals surface area contributed by atoms with Crippen molar-refractivity contribution in [2.24, 2.45) is 0 Å². The van der Waals surface area contributed by atoms with E-state index >= 15 is 0 Å². The lowest BCUT2D eigenvalue weighted by Gasteiger charge is -2.12. The van der Waals surface area contributed by atoms with Crippen molar-refractivity contribution in [3.8, 4) is 17.2 Å². The lowest BCUT2D eigenvalue weighted by molar-refractivity contribution is -0.117. The highest BCUT2D eigenvalue weighted by molar-refractivity contribution is 7.19. The Bertz CT molecular complexity index is 1540. The molecule has 4 aromatic rings. The number of aryl methyl sites for hydroxylation is 2. The second-order valence-corrected chi connectivity index (χ2v) is 8.91. The van der Waals surface area contributed by atoms with E-state index in [2.05, 4.69) is 15.4 Å². The van der Waals surface area contributed by atoms with Crippen LogP contribution >= 0.6 is 11.3 Å². The number of benzene rings is 1. The fourth-order valence-electron chi connectivity index (χ4n) is 3.98. The standard InChI is InChI=1S/C24H21N5O3S/c1-13-17(14(2)27-22(31)18(13)11-25)9-10-19(30)28-29-12-26-23-21(24(29)32)20(15(3)33-23)16-7-5-4-6-8-16/h4-8,12H,9-10H2,1-3H3,(H,27,31)(H,28,30). The summed E-state index contributed by atoms with van der Waals surface area (Å²) < 4.78 is 1.11. The first-order valence-corrected chi connectivity index (χ1v) is 11.1. The van der Waals surface area contributed by atoms with Crippen LogP contribution in [0.1, 0.15) is 33.7 Å². The van der Waals surface area contributed by atoms with Crippen LogP contribution in [0.5, 0.6) is 0 Å². The van der Waals surface area contributed by atoms with Crippen LogP contribution in [0.15, 0.2) is 46.2 Å². The van der Waals surface area contributed by atoms with Crippen LogP contribution < -0.4 is 16.5 Å². The third kappa shape index (κ3) is 4.08. The summed E-state index contributed by atoms with van der Waals surface area (Å²) in [5, 5.41) is 9.69. The van der Waals surface area contributed by atoms with Crippen LogP contribution in [0.25, 0.3) is 21.3 Å². The molecule has 0 unspecified atom stereocenters. The summed E-state index contributed by atoms with van der Waals surface area (Å²) >= 11 is 1.44. The zero-order valence-corrected chi connectivity index (χ0v) is 19.2. The van der Waals surface area contributed by atoms with Crippen LogP contribution in [0.2, 0.25) is 0 Å². The molecule has 0 atom stereocenters. The number of nitriles is 1. The molecule has 3 heterocycles. The Morgan fingerprint density at radius 2 is 1.94 bits per heavy atom. The van der Waals surface area contributed by atoms with Gasteiger partial charge in [0.25, 0.3) is 11.1 Å². The van der Waals surface area contributed by atoms with Crippen molar-refractivity contribution < 1.29 is 4.79 Å². The topological polar surface area (TPSA) is 121 Å². The Kier molecular flexibility index (Phi) is 5.94. The molecular weight excluding hydrogens is 438 g/mol. The molecule has 0 fully saturated rings. The Morgan fingerprint density at radius 3 is 2.64 bits per heavy atom. The molecule has 33 heavy (non-hydrogen) atoms. The molecular formula is C24H21N5O3S. The van der Waals surface area contributed by atoms with E-state index in [1.807, 2.05) is 43.3 Å². The minimum absolute atomic E-state index is 0.0446. The van der Waals surface area contributed by atoms with Gasteiger partial charge in [-0.1, -0.05) is 30.3 Å². The Balaban J connectivity index is 1.61. The van der Waals surface area contributed by atoms with Gasteiger partial charge in [-0.15, -0.1) is 11.3 Å². The molecule has 0 aliphatic heterocycles. The Labute approximate surface area is 193 Å². The van der Waals surface area contributed by atoms with E-state index in [-0.39, 0.29) is 23.5 Å². The monoisotopic (exact) mass is 459 g/mol. The molecule has 0 saturated heterocycles. The highest BCUT2D eigenvalue weighted by Gasteiger charge is 2.18. The largest absolute Gasteiger partial charge is 0.325 e. The summed E-state index contributed by atoms with van der Waals surface area (Å²) in [4.78, 5) is 46.4. The maximum atomic E-state index is 13.2. The van der Waals surface area contributed by atoms with Crippen molar-refractivity contribution >= 4 is 27.5 Å². The summed E-state index contributed by atoms with van der Waals surface area (Å²) in [6, 6.07) is 11.5. The van der Waals surface area contributed by atoms with Crippen LogP contribution in [0.3, 0.4) is 0 Å². The van der Waals surface area contributed by atoms with Gasteiger partial charge in [0, 0.05) is 22.6 Å². The van der Waals surface area contributed by atoms with Gasteiger partial charge >= 0.3 is 0 Å². The number of aromatic nitrogens is 3. The molecule has 0 aliphatic carbocycles. The van der Waals surface area contributed by atoms with Crippen LogP contribution in [0.4, 0.5) is 0 Å². The number of fused-ring (bicyclic) bond motifs is 1. The Morgan fingerprint density at radius 1 is 1.21 bits per heavy atom. The highest BCUT2D eigenvalue weighted by atomic mass is 32.1. The van der Waals surface area contributed by atoms with Gasteiger partial charge in [0.2, 0.25) is 5.91 Å². The third-order valence-electron chi connectivity index (χ3n) is 5.62. The van der Waals surface area contributed by atoms with Gasteiger partial charge in [-0.25, -0.2) is 9.66 Å². The van der Waals surface area contributed by atoms with Gasteiger partial charge < -0.3 is 4.98 Å². The third-order valence-corrected chi connectivity index (χ3v) is 6.63. The fraction of sp³-hybridized carbons (Fsp3) is 0.208. The fourth-order valence-corrected chi connectivity index (χ4v) is 4.99. The first-order valence-electron chi connectivity index (χ1n) is 10.3. The number of aromatic amines is 1. The molecule has 9 heteroatoms. The minimum Gasteiger partial charge on any atom is -0.325 e. The van der Waals surface area contributed by atoms with Crippen LogP contribution in [0, 0.1) is 32.1 Å². The van der Waals surface area contributed by atoms with E-state index < -0.39 is 5.56 Å². The van der Waals surface area contributed by atoms with Crippen molar-refractivity contribution in [2.45, 2.75) is 33.6 Å². The number of carbonyl (C=O) groups is 1. The van der Waals surface area contributed by atoms with Crippen molar-refractivity contribution in [1.82, 2.24) is 14.6 Å². The number of carbonyl (C=O) groups excluding carboxylic acids is 1. The van der Waals surface area contributed by atoms with E-state index in [4.69, 9.17) is 0 Å². The molecule has 3 aromatic heterocycles. The van der Waals surface area contributed by atoms with Gasteiger partial charge in [-0.05, 0) is 43.9 Å². The zero-order chi connectivity index (χ0) is 23.7. The lowest BCUT2D eigenvalue weighted by atomic mass is 9.99. The normalized spacial score (nSPS) is 10.8. The van der Waals surface area contributed by atoms with Gasteiger partial charge in [-0.2, -0.15) is 5.26 Å². The molecule has 0 aliphatic rings. The molecule has 1 amide bonds. The number of H-pyrrole nitrogens is 1. The molecule has 1 aromatic carbocycles. The van der Waals surface area contributed by atoms with Gasteiger partial charge in [0.05, 0.1) is 5.39 Å². The number of nitrogens with zero attached hydrogens (tertiary/aromatic N) is 3. The predicted octanol–water partition coefficient (Wildman–Crippen LogP) is 3.31. The van der Waals surface area contributed by atoms with Crippen molar-refractivity contribution in [3.05, 3.63) is 84.6 Å². The SMILES string of the molecule is Cc1[nH]c(=O)c(C#N)c(C)c1CCC(=O)Nn1cnc2sc(C)c(-c3ccccc3)c2c1=O. The maximum Gasteiger partial charge on any atom is 0.281 e.